The number of carbonyl (C=O) groups excluding carboxylic acids is 1. The van der Waals surface area contributed by atoms with Crippen LogP contribution in [-0.4, -0.2) is 52.0 Å². The Hall–Kier alpha value is -3.20. The first-order valence-electron chi connectivity index (χ1n) is 10.5. The van der Waals surface area contributed by atoms with Crippen molar-refractivity contribution < 1.29 is 13.9 Å². The molecule has 3 aromatic rings. The maximum absolute atomic E-state index is 12.9. The molecule has 31 heavy (non-hydrogen) atoms. The molecule has 0 saturated carbocycles. The highest BCUT2D eigenvalue weighted by Gasteiger charge is 2.29. The van der Waals surface area contributed by atoms with E-state index in [0.717, 1.165) is 5.82 Å². The number of hydrogen-bond acceptors (Lipinski definition) is 6. The number of amides is 1. The molecule has 0 aliphatic carbocycles. The van der Waals surface area contributed by atoms with E-state index in [9.17, 15) is 14.4 Å². The van der Waals surface area contributed by atoms with Crippen LogP contribution in [0.1, 0.15) is 42.1 Å². The van der Waals surface area contributed by atoms with Gasteiger partial charge < -0.3 is 14.1 Å². The maximum Gasteiger partial charge on any atom is 0.345 e. The molecule has 164 valence electrons. The number of benzene rings is 1. The Labute approximate surface area is 178 Å². The number of aromatic nitrogens is 3. The molecule has 1 saturated heterocycles. The zero-order chi connectivity index (χ0) is 22.0. The number of methoxy groups -OCH3 is 1. The van der Waals surface area contributed by atoms with E-state index in [4.69, 9.17) is 9.15 Å². The summed E-state index contributed by atoms with van der Waals surface area (Å²) in [7, 11) is 1.59. The first-order chi connectivity index (χ1) is 15.0. The van der Waals surface area contributed by atoms with Gasteiger partial charge in [-0.2, -0.15) is 5.10 Å². The van der Waals surface area contributed by atoms with Gasteiger partial charge in [-0.1, -0.05) is 12.1 Å². The quantitative estimate of drug-likeness (QED) is 0.596. The van der Waals surface area contributed by atoms with E-state index in [1.165, 1.54) is 10.7 Å². The first-order valence-corrected chi connectivity index (χ1v) is 10.5. The molecule has 9 nitrogen and oxygen atoms in total. The Morgan fingerprint density at radius 1 is 1.23 bits per heavy atom. The summed E-state index contributed by atoms with van der Waals surface area (Å²) in [5, 5.41) is 5.00. The molecule has 9 heteroatoms. The standard InChI is InChI=1S/C22H26N4O5/c1-3-25-20(23-26(22(25)29)12-13-30-2)15-8-10-24(11-9-15)21(28)19-14-17(27)16-6-4-5-7-18(16)31-19/h4-7,14-15H,3,8-13H2,1-2H3. The van der Waals surface area contributed by atoms with Gasteiger partial charge >= 0.3 is 5.69 Å². The molecule has 1 fully saturated rings. The number of ether oxygens (including phenoxy) is 1. The number of hydrogen-bond donors (Lipinski definition) is 0. The van der Waals surface area contributed by atoms with Crippen molar-refractivity contribution in [3.8, 4) is 0 Å². The lowest BCUT2D eigenvalue weighted by Crippen LogP contribution is -2.39. The predicted octanol–water partition coefficient (Wildman–Crippen LogP) is 1.84. The molecule has 1 amide bonds. The Morgan fingerprint density at radius 2 is 1.97 bits per heavy atom. The van der Waals surface area contributed by atoms with Crippen molar-refractivity contribution in [2.24, 2.45) is 0 Å². The van der Waals surface area contributed by atoms with E-state index in [1.807, 2.05) is 6.92 Å². The predicted molar refractivity (Wildman–Crippen MR) is 114 cm³/mol. The van der Waals surface area contributed by atoms with Gasteiger partial charge in [0.25, 0.3) is 5.91 Å². The van der Waals surface area contributed by atoms with Crippen molar-refractivity contribution in [2.75, 3.05) is 26.8 Å². The minimum atomic E-state index is -0.292. The molecule has 1 aliphatic heterocycles. The fourth-order valence-corrected chi connectivity index (χ4v) is 4.09. The average molecular weight is 426 g/mol. The summed E-state index contributed by atoms with van der Waals surface area (Å²) in [4.78, 5) is 39.5. The van der Waals surface area contributed by atoms with Crippen LogP contribution in [0, 0.1) is 0 Å². The molecule has 0 radical (unpaired) electrons. The largest absolute Gasteiger partial charge is 0.451 e. The lowest BCUT2D eigenvalue weighted by atomic mass is 9.95. The van der Waals surface area contributed by atoms with Crippen molar-refractivity contribution in [1.29, 1.82) is 0 Å². The second-order valence-electron chi connectivity index (χ2n) is 7.64. The fourth-order valence-electron chi connectivity index (χ4n) is 4.09. The van der Waals surface area contributed by atoms with E-state index in [0.29, 0.717) is 56.6 Å². The normalized spacial score (nSPS) is 15.0. The lowest BCUT2D eigenvalue weighted by Gasteiger charge is -2.31. The molecule has 1 aliphatic rings. The van der Waals surface area contributed by atoms with Crippen LogP contribution in [0.15, 0.2) is 44.3 Å². The number of likely N-dealkylation sites (tertiary alicyclic amines) is 1. The van der Waals surface area contributed by atoms with Crippen LogP contribution >= 0.6 is 0 Å². The van der Waals surface area contributed by atoms with Crippen LogP contribution in [0.3, 0.4) is 0 Å². The molecule has 4 rings (SSSR count). The van der Waals surface area contributed by atoms with Crippen LogP contribution in [0.25, 0.3) is 11.0 Å². The summed E-state index contributed by atoms with van der Waals surface area (Å²) in [5.74, 6) is 0.605. The summed E-state index contributed by atoms with van der Waals surface area (Å²) in [5.41, 5.74) is 0.0430. The summed E-state index contributed by atoms with van der Waals surface area (Å²) < 4.78 is 13.9. The molecule has 3 heterocycles. The number of para-hydroxylation sites is 1. The van der Waals surface area contributed by atoms with Gasteiger partial charge in [-0.3, -0.25) is 14.2 Å². The van der Waals surface area contributed by atoms with Crippen LogP contribution < -0.4 is 11.1 Å². The Balaban J connectivity index is 1.50. The SMILES string of the molecule is CCn1c(C2CCN(C(=O)c3cc(=O)c4ccccc4o3)CC2)nn(CCOC)c1=O. The molecular weight excluding hydrogens is 400 g/mol. The van der Waals surface area contributed by atoms with Crippen LogP contribution in [0.4, 0.5) is 0 Å². The van der Waals surface area contributed by atoms with Crippen molar-refractivity contribution >= 4 is 16.9 Å². The summed E-state index contributed by atoms with van der Waals surface area (Å²) in [6, 6.07) is 8.16. The summed E-state index contributed by atoms with van der Waals surface area (Å²) in [6.07, 6.45) is 1.37. The van der Waals surface area contributed by atoms with E-state index >= 15 is 0 Å². The molecule has 1 aromatic carbocycles. The van der Waals surface area contributed by atoms with E-state index in [2.05, 4.69) is 5.10 Å². The number of carbonyl (C=O) groups is 1. The molecule has 0 bridgehead atoms. The van der Waals surface area contributed by atoms with Gasteiger partial charge in [-0.05, 0) is 31.9 Å². The zero-order valence-corrected chi connectivity index (χ0v) is 17.7. The van der Waals surface area contributed by atoms with Gasteiger partial charge in [-0.15, -0.1) is 0 Å². The summed E-state index contributed by atoms with van der Waals surface area (Å²) >= 11 is 0. The lowest BCUT2D eigenvalue weighted by molar-refractivity contribution is 0.0678. The van der Waals surface area contributed by atoms with E-state index < -0.39 is 0 Å². The molecule has 0 N–H and O–H groups in total. The van der Waals surface area contributed by atoms with Crippen molar-refractivity contribution in [1.82, 2.24) is 19.2 Å². The smallest absolute Gasteiger partial charge is 0.345 e. The van der Waals surface area contributed by atoms with Gasteiger partial charge in [0.15, 0.2) is 11.2 Å². The summed E-state index contributed by atoms with van der Waals surface area (Å²) in [6.45, 7) is 4.31. The second-order valence-corrected chi connectivity index (χ2v) is 7.64. The maximum atomic E-state index is 12.9. The molecule has 0 spiro atoms. The van der Waals surface area contributed by atoms with Crippen LogP contribution in [0.2, 0.25) is 0 Å². The zero-order valence-electron chi connectivity index (χ0n) is 17.7. The third-order valence-corrected chi connectivity index (χ3v) is 5.77. The third-order valence-electron chi connectivity index (χ3n) is 5.77. The Bertz CT molecular complexity index is 1200. The van der Waals surface area contributed by atoms with Gasteiger partial charge in [0, 0.05) is 38.7 Å². The molecule has 2 aromatic heterocycles. The van der Waals surface area contributed by atoms with Gasteiger partial charge in [0.05, 0.1) is 18.5 Å². The van der Waals surface area contributed by atoms with E-state index in [1.54, 1.807) is 40.8 Å². The highest BCUT2D eigenvalue weighted by atomic mass is 16.5. The monoisotopic (exact) mass is 426 g/mol. The number of piperidine rings is 1. The number of nitrogens with zero attached hydrogens (tertiary/aromatic N) is 4. The number of fused-ring (bicyclic) bond motifs is 1. The van der Waals surface area contributed by atoms with Gasteiger partial charge in [-0.25, -0.2) is 9.48 Å². The average Bonchev–Trinajstić information content (AvgIpc) is 3.12. The minimum Gasteiger partial charge on any atom is -0.451 e. The Morgan fingerprint density at radius 3 is 2.68 bits per heavy atom. The van der Waals surface area contributed by atoms with Crippen molar-refractivity contribution in [3.05, 3.63) is 62.6 Å². The van der Waals surface area contributed by atoms with Crippen molar-refractivity contribution in [3.63, 3.8) is 0 Å². The highest BCUT2D eigenvalue weighted by molar-refractivity contribution is 5.93. The second kappa shape index (κ2) is 8.89. The minimum absolute atomic E-state index is 0.0523. The molecule has 0 atom stereocenters. The fraction of sp³-hybridized carbons (Fsp3) is 0.455. The first kappa shape index (κ1) is 21.0. The van der Waals surface area contributed by atoms with Crippen LogP contribution in [-0.2, 0) is 17.8 Å². The number of rotatable bonds is 6. The topological polar surface area (TPSA) is 99.6 Å². The van der Waals surface area contributed by atoms with Crippen molar-refractivity contribution in [2.45, 2.75) is 38.8 Å². The molecular formula is C22H26N4O5. The Kier molecular flexibility index (Phi) is 6.03. The highest BCUT2D eigenvalue weighted by Crippen LogP contribution is 2.27. The molecule has 0 unspecified atom stereocenters. The van der Waals surface area contributed by atoms with E-state index in [-0.39, 0.29) is 28.7 Å². The van der Waals surface area contributed by atoms with Gasteiger partial charge in [0.2, 0.25) is 0 Å². The van der Waals surface area contributed by atoms with Gasteiger partial charge in [0.1, 0.15) is 11.4 Å². The third kappa shape index (κ3) is 4.05. The van der Waals surface area contributed by atoms with Crippen LogP contribution in [0.5, 0.6) is 0 Å².